The molecule has 5 nitrogen and oxygen atoms in total. The Balaban J connectivity index is 1.72. The minimum atomic E-state index is -0.529. The molecule has 1 fully saturated rings. The second kappa shape index (κ2) is 8.45. The van der Waals surface area contributed by atoms with Crippen molar-refractivity contribution in [2.75, 3.05) is 19.6 Å². The molecule has 128 valence electrons. The first kappa shape index (κ1) is 17.9. The second-order valence-electron chi connectivity index (χ2n) is 6.49. The van der Waals surface area contributed by atoms with Gasteiger partial charge in [-0.05, 0) is 57.1 Å². The summed E-state index contributed by atoms with van der Waals surface area (Å²) >= 11 is 1.37. The predicted molar refractivity (Wildman–Crippen MR) is 93.7 cm³/mol. The van der Waals surface area contributed by atoms with E-state index in [0.717, 1.165) is 19.0 Å². The fraction of sp³-hybridized carbons (Fsp3) is 0.647. The van der Waals surface area contributed by atoms with Gasteiger partial charge in [0.05, 0.1) is 4.88 Å². The molecule has 23 heavy (non-hydrogen) atoms. The van der Waals surface area contributed by atoms with Crippen LogP contribution in [-0.2, 0) is 4.79 Å². The standard InChI is InChI=1S/C17H27N3O2S/c1-12-6-8-20(9-7-12)13(2)11-18-16(21)14(3)19-17(22)15-5-4-10-23-15/h4-5,10,12-14H,6-9,11H2,1-3H3,(H,18,21)(H,19,22)/t13-,14-/m0/s1. The van der Waals surface area contributed by atoms with Crippen LogP contribution in [0.15, 0.2) is 17.5 Å². The van der Waals surface area contributed by atoms with Crippen LogP contribution in [0.2, 0.25) is 0 Å². The van der Waals surface area contributed by atoms with Crippen molar-refractivity contribution in [2.45, 2.75) is 45.7 Å². The minimum absolute atomic E-state index is 0.132. The molecule has 2 heterocycles. The average Bonchev–Trinajstić information content (AvgIpc) is 3.07. The second-order valence-corrected chi connectivity index (χ2v) is 7.43. The smallest absolute Gasteiger partial charge is 0.261 e. The Morgan fingerprint density at radius 2 is 2.04 bits per heavy atom. The van der Waals surface area contributed by atoms with Gasteiger partial charge in [0.2, 0.25) is 5.91 Å². The van der Waals surface area contributed by atoms with Gasteiger partial charge in [-0.1, -0.05) is 13.0 Å². The van der Waals surface area contributed by atoms with Gasteiger partial charge in [-0.2, -0.15) is 0 Å². The molecule has 1 aliphatic heterocycles. The Hall–Kier alpha value is -1.40. The third-order valence-corrected chi connectivity index (χ3v) is 5.37. The van der Waals surface area contributed by atoms with Crippen LogP contribution in [0.1, 0.15) is 43.3 Å². The third-order valence-electron chi connectivity index (χ3n) is 4.50. The SMILES string of the molecule is CC1CCN([C@@H](C)CNC(=O)[C@H](C)NC(=O)c2cccs2)CC1. The summed E-state index contributed by atoms with van der Waals surface area (Å²) < 4.78 is 0. The summed E-state index contributed by atoms with van der Waals surface area (Å²) in [5.41, 5.74) is 0. The van der Waals surface area contributed by atoms with E-state index in [4.69, 9.17) is 0 Å². The van der Waals surface area contributed by atoms with Crippen molar-refractivity contribution < 1.29 is 9.59 Å². The van der Waals surface area contributed by atoms with Gasteiger partial charge in [0, 0.05) is 12.6 Å². The molecule has 0 aromatic carbocycles. The van der Waals surface area contributed by atoms with Crippen LogP contribution in [0.3, 0.4) is 0 Å². The van der Waals surface area contributed by atoms with E-state index in [9.17, 15) is 9.59 Å². The number of amides is 2. The summed E-state index contributed by atoms with van der Waals surface area (Å²) in [6, 6.07) is 3.38. The molecule has 2 rings (SSSR count). The van der Waals surface area contributed by atoms with Gasteiger partial charge in [-0.15, -0.1) is 11.3 Å². The van der Waals surface area contributed by atoms with Crippen LogP contribution < -0.4 is 10.6 Å². The zero-order valence-electron chi connectivity index (χ0n) is 14.2. The summed E-state index contributed by atoms with van der Waals surface area (Å²) in [5, 5.41) is 7.53. The first-order valence-electron chi connectivity index (χ1n) is 8.33. The van der Waals surface area contributed by atoms with Crippen LogP contribution in [0.4, 0.5) is 0 Å². The molecule has 0 spiro atoms. The first-order valence-corrected chi connectivity index (χ1v) is 9.21. The van der Waals surface area contributed by atoms with E-state index in [1.165, 1.54) is 24.2 Å². The quantitative estimate of drug-likeness (QED) is 0.836. The lowest BCUT2D eigenvalue weighted by Crippen LogP contribution is -2.50. The Bertz CT molecular complexity index is 510. The molecule has 0 unspecified atom stereocenters. The van der Waals surface area contributed by atoms with E-state index < -0.39 is 6.04 Å². The van der Waals surface area contributed by atoms with Crippen LogP contribution in [-0.4, -0.2) is 48.4 Å². The number of carbonyl (C=O) groups is 2. The van der Waals surface area contributed by atoms with Crippen LogP contribution in [0, 0.1) is 5.92 Å². The maximum atomic E-state index is 12.1. The number of nitrogens with one attached hydrogen (secondary N) is 2. The highest BCUT2D eigenvalue weighted by molar-refractivity contribution is 7.12. The number of hydrogen-bond acceptors (Lipinski definition) is 4. The Kier molecular flexibility index (Phi) is 6.59. The highest BCUT2D eigenvalue weighted by atomic mass is 32.1. The Morgan fingerprint density at radius 3 is 2.65 bits per heavy atom. The molecule has 0 bridgehead atoms. The summed E-state index contributed by atoms with van der Waals surface area (Å²) in [6.07, 6.45) is 2.46. The molecule has 0 radical (unpaired) electrons. The molecule has 2 N–H and O–H groups in total. The molecule has 1 saturated heterocycles. The van der Waals surface area contributed by atoms with E-state index in [2.05, 4.69) is 29.4 Å². The number of thiophene rings is 1. The van der Waals surface area contributed by atoms with E-state index in [-0.39, 0.29) is 11.8 Å². The van der Waals surface area contributed by atoms with Crippen molar-refractivity contribution in [3.63, 3.8) is 0 Å². The Morgan fingerprint density at radius 1 is 1.35 bits per heavy atom. The number of piperidine rings is 1. The molecule has 2 amide bonds. The summed E-state index contributed by atoms with van der Waals surface area (Å²) in [4.78, 5) is 27.1. The summed E-state index contributed by atoms with van der Waals surface area (Å²) in [5.74, 6) is 0.480. The third kappa shape index (κ3) is 5.32. The highest BCUT2D eigenvalue weighted by Crippen LogP contribution is 2.17. The lowest BCUT2D eigenvalue weighted by Gasteiger charge is -2.35. The first-order chi connectivity index (χ1) is 11.0. The topological polar surface area (TPSA) is 61.4 Å². The van der Waals surface area contributed by atoms with Crippen molar-refractivity contribution in [3.05, 3.63) is 22.4 Å². The molecule has 1 aromatic heterocycles. The maximum absolute atomic E-state index is 12.1. The van der Waals surface area contributed by atoms with E-state index in [0.29, 0.717) is 17.5 Å². The maximum Gasteiger partial charge on any atom is 0.261 e. The fourth-order valence-corrected chi connectivity index (χ4v) is 3.37. The van der Waals surface area contributed by atoms with Crippen LogP contribution in [0.25, 0.3) is 0 Å². The number of carbonyl (C=O) groups excluding carboxylic acids is 2. The molecule has 1 aliphatic rings. The molecule has 0 saturated carbocycles. The number of nitrogens with zero attached hydrogens (tertiary/aromatic N) is 1. The number of rotatable bonds is 6. The summed E-state index contributed by atoms with van der Waals surface area (Å²) in [6.45, 7) is 8.97. The monoisotopic (exact) mass is 337 g/mol. The largest absolute Gasteiger partial charge is 0.353 e. The van der Waals surface area contributed by atoms with Crippen molar-refractivity contribution in [3.8, 4) is 0 Å². The average molecular weight is 337 g/mol. The molecular weight excluding hydrogens is 310 g/mol. The normalized spacial score (nSPS) is 19.1. The lowest BCUT2D eigenvalue weighted by molar-refractivity contribution is -0.122. The van der Waals surface area contributed by atoms with E-state index in [1.54, 1.807) is 13.0 Å². The van der Waals surface area contributed by atoms with Crippen molar-refractivity contribution in [1.82, 2.24) is 15.5 Å². The van der Waals surface area contributed by atoms with E-state index in [1.807, 2.05) is 11.4 Å². The van der Waals surface area contributed by atoms with Gasteiger partial charge in [-0.3, -0.25) is 14.5 Å². The minimum Gasteiger partial charge on any atom is -0.353 e. The van der Waals surface area contributed by atoms with Crippen molar-refractivity contribution >= 4 is 23.2 Å². The van der Waals surface area contributed by atoms with Crippen LogP contribution in [0.5, 0.6) is 0 Å². The van der Waals surface area contributed by atoms with Gasteiger partial charge in [0.1, 0.15) is 6.04 Å². The van der Waals surface area contributed by atoms with Gasteiger partial charge in [0.15, 0.2) is 0 Å². The number of likely N-dealkylation sites (tertiary alicyclic amines) is 1. The molecule has 1 aromatic rings. The molecule has 2 atom stereocenters. The van der Waals surface area contributed by atoms with Crippen molar-refractivity contribution in [1.29, 1.82) is 0 Å². The lowest BCUT2D eigenvalue weighted by atomic mass is 9.98. The Labute approximate surface area is 142 Å². The molecule has 6 heteroatoms. The molecule has 0 aliphatic carbocycles. The van der Waals surface area contributed by atoms with E-state index >= 15 is 0 Å². The van der Waals surface area contributed by atoms with Gasteiger partial charge in [0.25, 0.3) is 5.91 Å². The fourth-order valence-electron chi connectivity index (χ4n) is 2.74. The summed E-state index contributed by atoms with van der Waals surface area (Å²) in [7, 11) is 0. The van der Waals surface area contributed by atoms with Gasteiger partial charge in [-0.25, -0.2) is 0 Å². The zero-order valence-corrected chi connectivity index (χ0v) is 15.0. The zero-order chi connectivity index (χ0) is 16.8. The van der Waals surface area contributed by atoms with Crippen molar-refractivity contribution in [2.24, 2.45) is 5.92 Å². The van der Waals surface area contributed by atoms with Gasteiger partial charge < -0.3 is 10.6 Å². The highest BCUT2D eigenvalue weighted by Gasteiger charge is 2.22. The van der Waals surface area contributed by atoms with Gasteiger partial charge >= 0.3 is 0 Å². The number of hydrogen-bond donors (Lipinski definition) is 2. The van der Waals surface area contributed by atoms with Crippen LogP contribution >= 0.6 is 11.3 Å². The molecular formula is C17H27N3O2S. The predicted octanol–water partition coefficient (Wildman–Crippen LogP) is 2.10.